The molecule has 3 aliphatic carbocycles. The van der Waals surface area contributed by atoms with Crippen molar-refractivity contribution in [3.05, 3.63) is 75.8 Å². The van der Waals surface area contributed by atoms with Gasteiger partial charge in [-0.25, -0.2) is 0 Å². The fourth-order valence-electron chi connectivity index (χ4n) is 6.67. The fraction of sp³-hybridized carbons (Fsp3) is 0.484. The van der Waals surface area contributed by atoms with E-state index in [0.717, 1.165) is 0 Å². The van der Waals surface area contributed by atoms with E-state index in [9.17, 15) is 0 Å². The molecule has 0 aliphatic heterocycles. The largest absolute Gasteiger partial charge is 0.0780 e. The smallest absolute Gasteiger partial charge is 0.0656 e. The van der Waals surface area contributed by atoms with Gasteiger partial charge < -0.3 is 0 Å². The molecule has 0 amide bonds. The Balaban J connectivity index is 1.90. The molecule has 32 heavy (non-hydrogen) atoms. The average molecular weight is 441 g/mol. The third-order valence-corrected chi connectivity index (χ3v) is 9.90. The summed E-state index contributed by atoms with van der Waals surface area (Å²) < 4.78 is 0. The summed E-state index contributed by atoms with van der Waals surface area (Å²) in [5.74, 6) is 1.14. The van der Waals surface area contributed by atoms with Crippen LogP contribution < -0.4 is 5.19 Å². The van der Waals surface area contributed by atoms with Gasteiger partial charge in [0.05, 0.1) is 8.07 Å². The predicted octanol–water partition coefficient (Wildman–Crippen LogP) is 8.35. The van der Waals surface area contributed by atoms with Crippen LogP contribution in [-0.4, -0.2) is 8.07 Å². The molecule has 0 unspecified atom stereocenters. The first kappa shape index (κ1) is 22.0. The lowest BCUT2D eigenvalue weighted by molar-refractivity contribution is 0.519. The standard InChI is InChI=1S/C31H40Si/c1-30(2,3)28-24-18-26-23-15-14-22(20-12-10-11-13-21(20)23)25(26)16-19(24)17-27(32(7,8)9)29(28)31(4,5)6/h10-13,16-18,22-23H,14-15H2,1-9H3/t22-,23+/m0/s1. The highest BCUT2D eigenvalue weighted by Gasteiger charge is 2.39. The van der Waals surface area contributed by atoms with E-state index in [1.165, 1.54) is 23.6 Å². The fourth-order valence-corrected chi connectivity index (χ4v) is 8.51. The van der Waals surface area contributed by atoms with Crippen molar-refractivity contribution in [2.45, 2.75) is 96.7 Å². The lowest BCUT2D eigenvalue weighted by Gasteiger charge is -2.42. The molecule has 3 aromatic carbocycles. The zero-order chi connectivity index (χ0) is 23.2. The van der Waals surface area contributed by atoms with Crippen LogP contribution in [0.25, 0.3) is 10.8 Å². The number of hydrogen-bond acceptors (Lipinski definition) is 0. The van der Waals surface area contributed by atoms with Crippen LogP contribution in [0.5, 0.6) is 0 Å². The van der Waals surface area contributed by atoms with Crippen molar-refractivity contribution in [3.8, 4) is 0 Å². The van der Waals surface area contributed by atoms with Gasteiger partial charge in [0, 0.05) is 11.8 Å². The van der Waals surface area contributed by atoms with E-state index >= 15 is 0 Å². The summed E-state index contributed by atoms with van der Waals surface area (Å²) >= 11 is 0. The van der Waals surface area contributed by atoms with Gasteiger partial charge in [-0.2, -0.15) is 0 Å². The lowest BCUT2D eigenvalue weighted by atomic mass is 9.63. The summed E-state index contributed by atoms with van der Waals surface area (Å²) in [6.07, 6.45) is 2.59. The van der Waals surface area contributed by atoms with Gasteiger partial charge in [-0.05, 0) is 73.9 Å². The monoisotopic (exact) mass is 440 g/mol. The average Bonchev–Trinajstić information content (AvgIpc) is 2.69. The van der Waals surface area contributed by atoms with Crippen molar-refractivity contribution in [1.29, 1.82) is 0 Å². The van der Waals surface area contributed by atoms with Crippen molar-refractivity contribution in [1.82, 2.24) is 0 Å². The van der Waals surface area contributed by atoms with Crippen LogP contribution in [0.3, 0.4) is 0 Å². The van der Waals surface area contributed by atoms with Gasteiger partial charge in [0.1, 0.15) is 0 Å². The molecule has 0 spiro atoms. The minimum atomic E-state index is -1.52. The van der Waals surface area contributed by atoms with Gasteiger partial charge in [-0.1, -0.05) is 103 Å². The Kier molecular flexibility index (Phi) is 4.68. The van der Waals surface area contributed by atoms with Gasteiger partial charge in [-0.3, -0.25) is 0 Å². The maximum absolute atomic E-state index is 2.63. The zero-order valence-corrected chi connectivity index (χ0v) is 22.6. The Bertz CT molecular complexity index is 1220. The van der Waals surface area contributed by atoms with Crippen molar-refractivity contribution in [2.24, 2.45) is 0 Å². The van der Waals surface area contributed by atoms with Gasteiger partial charge >= 0.3 is 0 Å². The second-order valence-electron chi connectivity index (χ2n) is 13.4. The molecule has 168 valence electrons. The van der Waals surface area contributed by atoms with E-state index < -0.39 is 8.07 Å². The molecule has 0 aromatic heterocycles. The summed E-state index contributed by atoms with van der Waals surface area (Å²) in [4.78, 5) is 0. The van der Waals surface area contributed by atoms with Gasteiger partial charge in [0.25, 0.3) is 0 Å². The Morgan fingerprint density at radius 3 is 1.62 bits per heavy atom. The van der Waals surface area contributed by atoms with Crippen LogP contribution in [0.15, 0.2) is 42.5 Å². The maximum atomic E-state index is 2.63. The van der Waals surface area contributed by atoms with Crippen molar-refractivity contribution in [2.75, 3.05) is 0 Å². The normalized spacial score (nSPS) is 20.4. The van der Waals surface area contributed by atoms with E-state index in [1.54, 1.807) is 38.6 Å². The molecular formula is C31H40Si. The van der Waals surface area contributed by atoms with Crippen molar-refractivity contribution in [3.63, 3.8) is 0 Å². The van der Waals surface area contributed by atoms with E-state index in [2.05, 4.69) is 104 Å². The molecule has 2 atom stereocenters. The first-order valence-electron chi connectivity index (χ1n) is 12.5. The molecule has 1 heteroatoms. The van der Waals surface area contributed by atoms with Crippen LogP contribution in [0.1, 0.15) is 99.6 Å². The molecule has 0 heterocycles. The first-order valence-corrected chi connectivity index (χ1v) is 16.0. The van der Waals surface area contributed by atoms with E-state index in [4.69, 9.17) is 0 Å². The quantitative estimate of drug-likeness (QED) is 0.333. The molecule has 6 rings (SSSR count). The van der Waals surface area contributed by atoms with E-state index in [0.29, 0.717) is 11.8 Å². The summed E-state index contributed by atoms with van der Waals surface area (Å²) in [6.45, 7) is 22.1. The molecular weight excluding hydrogens is 400 g/mol. The van der Waals surface area contributed by atoms with Crippen molar-refractivity contribution >= 4 is 24.0 Å². The van der Waals surface area contributed by atoms with Gasteiger partial charge in [0.2, 0.25) is 0 Å². The highest BCUT2D eigenvalue weighted by molar-refractivity contribution is 6.89. The van der Waals surface area contributed by atoms with E-state index in [1.807, 2.05) is 0 Å². The zero-order valence-electron chi connectivity index (χ0n) is 21.6. The molecule has 3 aliphatic rings. The number of rotatable bonds is 1. The number of fused-ring (bicyclic) bond motifs is 2. The molecule has 0 N–H and O–H groups in total. The molecule has 0 saturated carbocycles. The summed E-state index contributed by atoms with van der Waals surface area (Å²) in [5.41, 5.74) is 9.85. The molecule has 3 aromatic rings. The third-order valence-electron chi connectivity index (χ3n) is 7.89. The topological polar surface area (TPSA) is 0 Å². The second-order valence-corrected chi connectivity index (χ2v) is 18.5. The lowest BCUT2D eigenvalue weighted by Crippen LogP contribution is -2.45. The Hall–Kier alpha value is -1.86. The summed E-state index contributed by atoms with van der Waals surface area (Å²) in [6, 6.07) is 17.1. The highest BCUT2D eigenvalue weighted by Crippen LogP contribution is 2.54. The van der Waals surface area contributed by atoms with Crippen LogP contribution in [0, 0.1) is 0 Å². The predicted molar refractivity (Wildman–Crippen MR) is 144 cm³/mol. The van der Waals surface area contributed by atoms with E-state index in [-0.39, 0.29) is 10.8 Å². The molecule has 0 fully saturated rings. The van der Waals surface area contributed by atoms with Gasteiger partial charge in [-0.15, -0.1) is 0 Å². The molecule has 2 bridgehead atoms. The Morgan fingerprint density at radius 1 is 0.656 bits per heavy atom. The maximum Gasteiger partial charge on any atom is 0.0780 e. The first-order chi connectivity index (χ1) is 14.8. The summed E-state index contributed by atoms with van der Waals surface area (Å²) in [5, 5.41) is 4.64. The Morgan fingerprint density at radius 2 is 1.16 bits per heavy atom. The van der Waals surface area contributed by atoms with Crippen LogP contribution in [0.4, 0.5) is 0 Å². The third kappa shape index (κ3) is 3.23. The van der Waals surface area contributed by atoms with Crippen LogP contribution in [-0.2, 0) is 10.8 Å². The molecule has 0 saturated heterocycles. The Labute approximate surface area is 196 Å². The minimum Gasteiger partial charge on any atom is -0.0656 e. The van der Waals surface area contributed by atoms with Crippen LogP contribution >= 0.6 is 0 Å². The highest BCUT2D eigenvalue weighted by atomic mass is 28.3. The number of benzene rings is 3. The SMILES string of the molecule is CC(C)(C)c1c([Si](C)(C)C)cc2cc3c(cc2c1C(C)(C)C)[C@@H]1CC[C@H]3c2ccccc21. The minimum absolute atomic E-state index is 0.107. The van der Waals surface area contributed by atoms with Gasteiger partial charge in [0.15, 0.2) is 0 Å². The second kappa shape index (κ2) is 6.82. The molecule has 0 nitrogen and oxygen atoms in total. The molecule has 0 radical (unpaired) electrons. The number of hydrogen-bond donors (Lipinski definition) is 0. The summed E-state index contributed by atoms with van der Waals surface area (Å²) in [7, 11) is -1.52. The van der Waals surface area contributed by atoms with Crippen molar-refractivity contribution < 1.29 is 0 Å². The van der Waals surface area contributed by atoms with Crippen LogP contribution in [0.2, 0.25) is 19.6 Å².